The van der Waals surface area contributed by atoms with Crippen LogP contribution in [0.5, 0.6) is 0 Å². The first kappa shape index (κ1) is 20.0. The van der Waals surface area contributed by atoms with Crippen LogP contribution in [0.2, 0.25) is 0 Å². The van der Waals surface area contributed by atoms with Crippen molar-refractivity contribution in [2.75, 3.05) is 27.7 Å². The summed E-state index contributed by atoms with van der Waals surface area (Å²) in [5.41, 5.74) is 0. The molecule has 0 aliphatic rings. The second-order valence-electron chi connectivity index (χ2n) is 6.20. The molecular formula is C15H36IN+2. The van der Waals surface area contributed by atoms with E-state index in [0.29, 0.717) is 0 Å². The molecule has 0 aromatic rings. The molecule has 0 aliphatic carbocycles. The largest absolute Gasteiger partial charge is 0.331 e. The fourth-order valence-corrected chi connectivity index (χ4v) is 2.07. The zero-order chi connectivity index (χ0) is 12.3. The Bertz CT molecular complexity index is 140. The Labute approximate surface area is 127 Å². The Hall–Kier alpha value is 0.690. The summed E-state index contributed by atoms with van der Waals surface area (Å²) in [4.78, 5) is 0. The maximum atomic E-state index is 2.29. The fourth-order valence-electron chi connectivity index (χ4n) is 2.07. The Morgan fingerprint density at radius 1 is 0.588 bits per heavy atom. The van der Waals surface area contributed by atoms with Crippen LogP contribution < -0.4 is 24.0 Å². The highest BCUT2D eigenvalue weighted by Crippen LogP contribution is 2.10. The molecule has 0 aliphatic heterocycles. The number of rotatable bonds is 11. The molecule has 1 nitrogen and oxygen atoms in total. The molecule has 0 radical (unpaired) electrons. The summed E-state index contributed by atoms with van der Waals surface area (Å²) >= 11 is 0. The van der Waals surface area contributed by atoms with E-state index in [9.17, 15) is 0 Å². The summed E-state index contributed by atoms with van der Waals surface area (Å²) in [6.07, 6.45) is 14.4. The van der Waals surface area contributed by atoms with E-state index >= 15 is 0 Å². The van der Waals surface area contributed by atoms with Crippen LogP contribution in [0.4, 0.5) is 0 Å². The van der Waals surface area contributed by atoms with E-state index in [4.69, 9.17) is 0 Å². The minimum absolute atomic E-state index is 0. The van der Waals surface area contributed by atoms with Crippen molar-refractivity contribution in [1.29, 1.82) is 0 Å². The van der Waals surface area contributed by atoms with Crippen molar-refractivity contribution in [3.63, 3.8) is 0 Å². The number of halogens is 1. The van der Waals surface area contributed by atoms with E-state index in [1.54, 1.807) is 0 Å². The third kappa shape index (κ3) is 19.2. The Morgan fingerprint density at radius 3 is 1.29 bits per heavy atom. The van der Waals surface area contributed by atoms with Crippen molar-refractivity contribution in [2.24, 2.45) is 0 Å². The molecule has 0 amide bonds. The number of unbranched alkanes of at least 4 members (excludes halogenated alkanes) is 9. The van der Waals surface area contributed by atoms with Crippen molar-refractivity contribution in [3.8, 4) is 0 Å². The van der Waals surface area contributed by atoms with Gasteiger partial charge >= 0.3 is 0 Å². The number of hydrogen-bond donors (Lipinski definition) is 0. The van der Waals surface area contributed by atoms with Gasteiger partial charge in [0.15, 0.2) is 0 Å². The van der Waals surface area contributed by atoms with Crippen LogP contribution in [0, 0.1) is 0 Å². The molecule has 0 fully saturated rings. The molecule has 0 bridgehead atoms. The lowest BCUT2D eigenvalue weighted by Crippen LogP contribution is -3.00. The van der Waals surface area contributed by atoms with E-state index in [2.05, 4.69) is 28.1 Å². The monoisotopic (exact) mass is 357 g/mol. The number of hydrogen-bond acceptors (Lipinski definition) is 0. The van der Waals surface area contributed by atoms with Crippen molar-refractivity contribution >= 4 is 0 Å². The van der Waals surface area contributed by atoms with Gasteiger partial charge in [0.1, 0.15) is 0 Å². The highest BCUT2D eigenvalue weighted by Gasteiger charge is 2.04. The van der Waals surface area contributed by atoms with Crippen LogP contribution in [-0.2, 0) is 0 Å². The Kier molecular flexibility index (Phi) is 15.5. The van der Waals surface area contributed by atoms with Crippen LogP contribution in [0.25, 0.3) is 0 Å². The zero-order valence-corrected chi connectivity index (χ0v) is 15.2. The summed E-state index contributed by atoms with van der Waals surface area (Å²) in [6.45, 7) is 3.62. The molecule has 0 N–H and O–H groups in total. The number of quaternary nitrogens is 1. The molecule has 0 atom stereocenters. The molecule has 0 unspecified atom stereocenters. The lowest BCUT2D eigenvalue weighted by Gasteiger charge is -2.23. The number of nitrogens with zero attached hydrogens (tertiary/aromatic N) is 1. The minimum Gasteiger partial charge on any atom is -0.331 e. The van der Waals surface area contributed by atoms with Crippen LogP contribution in [-0.4, -0.2) is 32.2 Å². The highest BCUT2D eigenvalue weighted by atomic mass is 127. The maximum Gasteiger partial charge on any atom is 0.235 e. The van der Waals surface area contributed by atoms with Gasteiger partial charge in [-0.15, -0.1) is 0 Å². The van der Waals surface area contributed by atoms with E-state index in [-0.39, 0.29) is 24.0 Å². The second kappa shape index (κ2) is 13.1. The predicted octanol–water partition coefficient (Wildman–Crippen LogP) is 1.08. The average molecular weight is 357 g/mol. The van der Waals surface area contributed by atoms with Crippen LogP contribution in [0.3, 0.4) is 0 Å². The van der Waals surface area contributed by atoms with Crippen LogP contribution >= 0.6 is 0 Å². The van der Waals surface area contributed by atoms with Gasteiger partial charge in [0, 0.05) is 0 Å². The molecule has 0 saturated heterocycles. The Morgan fingerprint density at radius 2 is 0.941 bits per heavy atom. The molecule has 0 aromatic carbocycles. The third-order valence-corrected chi connectivity index (χ3v) is 3.18. The normalized spacial score (nSPS) is 11.3. The van der Waals surface area contributed by atoms with Crippen molar-refractivity contribution in [3.05, 3.63) is 0 Å². The Balaban J connectivity index is 0. The van der Waals surface area contributed by atoms with Gasteiger partial charge in [0.2, 0.25) is 24.0 Å². The molecule has 0 aromatic heterocycles. The lowest BCUT2D eigenvalue weighted by molar-refractivity contribution is -0.870. The molecule has 0 heterocycles. The summed E-state index contributed by atoms with van der Waals surface area (Å²) in [5, 5.41) is 0. The molecule has 0 saturated carbocycles. The zero-order valence-electron chi connectivity index (χ0n) is 12.7. The smallest absolute Gasteiger partial charge is 0.235 e. The topological polar surface area (TPSA) is 0 Å². The first-order valence-electron chi connectivity index (χ1n) is 7.36. The van der Waals surface area contributed by atoms with Crippen LogP contribution in [0.1, 0.15) is 71.1 Å². The molecule has 17 heavy (non-hydrogen) atoms. The van der Waals surface area contributed by atoms with E-state index in [1.807, 2.05) is 0 Å². The van der Waals surface area contributed by atoms with Crippen molar-refractivity contribution in [1.82, 2.24) is 0 Å². The van der Waals surface area contributed by atoms with Crippen molar-refractivity contribution in [2.45, 2.75) is 71.1 Å². The molecule has 106 valence electrons. The van der Waals surface area contributed by atoms with Gasteiger partial charge in [0.05, 0.1) is 27.7 Å². The summed E-state index contributed by atoms with van der Waals surface area (Å²) in [5.74, 6) is 0. The molecule has 0 rings (SSSR count). The van der Waals surface area contributed by atoms with E-state index < -0.39 is 0 Å². The summed E-state index contributed by atoms with van der Waals surface area (Å²) < 4.78 is 1.12. The van der Waals surface area contributed by atoms with Crippen LogP contribution in [0.15, 0.2) is 0 Å². The lowest BCUT2D eigenvalue weighted by atomic mass is 10.1. The first-order chi connectivity index (χ1) is 7.56. The van der Waals surface area contributed by atoms with Gasteiger partial charge in [-0.2, -0.15) is 0 Å². The summed E-state index contributed by atoms with van der Waals surface area (Å²) in [6, 6.07) is 0. The second-order valence-corrected chi connectivity index (χ2v) is 6.20. The van der Waals surface area contributed by atoms with Gasteiger partial charge in [-0.05, 0) is 12.8 Å². The third-order valence-electron chi connectivity index (χ3n) is 3.18. The van der Waals surface area contributed by atoms with E-state index in [0.717, 1.165) is 4.48 Å². The van der Waals surface area contributed by atoms with E-state index in [1.165, 1.54) is 70.8 Å². The summed E-state index contributed by atoms with van der Waals surface area (Å²) in [7, 11) is 6.86. The van der Waals surface area contributed by atoms with Gasteiger partial charge in [-0.3, -0.25) is 0 Å². The van der Waals surface area contributed by atoms with Gasteiger partial charge < -0.3 is 4.48 Å². The predicted molar refractivity (Wildman–Crippen MR) is 77.5 cm³/mol. The van der Waals surface area contributed by atoms with Gasteiger partial charge in [0.25, 0.3) is 0 Å². The highest BCUT2D eigenvalue weighted by molar-refractivity contribution is 4.47. The maximum absolute atomic E-state index is 2.29. The molecule has 0 spiro atoms. The van der Waals surface area contributed by atoms with Gasteiger partial charge in [-0.1, -0.05) is 58.3 Å². The fraction of sp³-hybridized carbons (Fsp3) is 1.00. The molecule has 2 heteroatoms. The minimum atomic E-state index is 0. The average Bonchev–Trinajstić information content (AvgIpc) is 2.19. The quantitative estimate of drug-likeness (QED) is 0.295. The van der Waals surface area contributed by atoms with Crippen molar-refractivity contribution < 1.29 is 28.5 Å². The first-order valence-corrected chi connectivity index (χ1v) is 7.36. The SMILES string of the molecule is CCCCCCCCCCCC[N+](C)(C)C.[IH2+]. The standard InChI is InChI=1S/C15H34N.H2I/c1-5-6-7-8-9-10-11-12-13-14-15-16(2,3)4;/h5-15H2,1-4H3;1H2/q2*+1. The molecular weight excluding hydrogens is 321 g/mol. The van der Waals surface area contributed by atoms with Gasteiger partial charge in [-0.25, -0.2) is 0 Å².